The van der Waals surface area contributed by atoms with Crippen molar-refractivity contribution >= 4 is 17.1 Å². The number of rotatable bonds is 3. The van der Waals surface area contributed by atoms with Gasteiger partial charge in [0.05, 0.1) is 17.4 Å². The van der Waals surface area contributed by atoms with Crippen LogP contribution in [0.4, 0.5) is 18.0 Å². The molecule has 12 heteroatoms. The SMILES string of the molecule is Cc1nc(-c2ncccn2)ncc1OC(=O)Nn1cc(C(F)(F)F)c2ncccc21. The van der Waals surface area contributed by atoms with Crippen LogP contribution in [0.5, 0.6) is 5.75 Å². The Hall–Kier alpha value is -4.09. The van der Waals surface area contributed by atoms with Crippen LogP contribution in [-0.4, -0.2) is 35.7 Å². The van der Waals surface area contributed by atoms with Gasteiger partial charge in [0, 0.05) is 24.8 Å². The molecule has 0 aliphatic carbocycles. The Kier molecular flexibility index (Phi) is 4.74. The fraction of sp³-hybridized carbons (Fsp3) is 0.111. The van der Waals surface area contributed by atoms with Crippen molar-refractivity contribution < 1.29 is 22.7 Å². The lowest BCUT2D eigenvalue weighted by Crippen LogP contribution is -2.26. The lowest BCUT2D eigenvalue weighted by molar-refractivity contribution is -0.136. The van der Waals surface area contributed by atoms with Gasteiger partial charge < -0.3 is 4.74 Å². The third kappa shape index (κ3) is 3.74. The van der Waals surface area contributed by atoms with Crippen LogP contribution in [0.25, 0.3) is 22.7 Å². The van der Waals surface area contributed by atoms with E-state index in [1.165, 1.54) is 36.9 Å². The minimum atomic E-state index is -4.64. The fourth-order valence-electron chi connectivity index (χ4n) is 2.66. The predicted molar refractivity (Wildman–Crippen MR) is 97.9 cm³/mol. The van der Waals surface area contributed by atoms with Crippen LogP contribution < -0.4 is 10.2 Å². The molecule has 4 aromatic rings. The number of halogens is 3. The predicted octanol–water partition coefficient (Wildman–Crippen LogP) is 3.35. The van der Waals surface area contributed by atoms with Gasteiger partial charge >= 0.3 is 12.3 Å². The molecule has 1 amide bonds. The van der Waals surface area contributed by atoms with E-state index < -0.39 is 17.8 Å². The van der Waals surface area contributed by atoms with Crippen molar-refractivity contribution in [2.24, 2.45) is 0 Å². The topological polar surface area (TPSA) is 108 Å². The standard InChI is InChI=1S/C18H12F3N7O2/c1-10-13(8-25-16(26-10)15-23-6-3-7-24-15)30-17(29)27-28-9-11(18(19,20)21)14-12(28)4-2-5-22-14/h2-9H,1H3,(H,27,29). The molecule has 0 saturated carbocycles. The molecule has 0 saturated heterocycles. The van der Waals surface area contributed by atoms with E-state index in [2.05, 4.69) is 30.3 Å². The molecule has 9 nitrogen and oxygen atoms in total. The van der Waals surface area contributed by atoms with Crippen LogP contribution in [0.1, 0.15) is 11.3 Å². The molecule has 0 radical (unpaired) electrons. The second kappa shape index (κ2) is 7.39. The molecule has 30 heavy (non-hydrogen) atoms. The van der Waals surface area contributed by atoms with Crippen LogP contribution >= 0.6 is 0 Å². The van der Waals surface area contributed by atoms with Crippen LogP contribution in [0, 0.1) is 6.92 Å². The van der Waals surface area contributed by atoms with E-state index in [-0.39, 0.29) is 22.6 Å². The highest BCUT2D eigenvalue weighted by Crippen LogP contribution is 2.34. The van der Waals surface area contributed by atoms with E-state index in [0.29, 0.717) is 11.5 Å². The number of alkyl halides is 3. The number of pyridine rings is 1. The zero-order valence-corrected chi connectivity index (χ0v) is 15.3. The number of ether oxygens (including phenoxy) is 1. The van der Waals surface area contributed by atoms with Gasteiger partial charge in [0.15, 0.2) is 17.4 Å². The highest BCUT2D eigenvalue weighted by Gasteiger charge is 2.35. The minimum Gasteiger partial charge on any atom is -0.406 e. The lowest BCUT2D eigenvalue weighted by atomic mass is 10.2. The number of hydrogen-bond donors (Lipinski definition) is 1. The summed E-state index contributed by atoms with van der Waals surface area (Å²) < 4.78 is 45.7. The lowest BCUT2D eigenvalue weighted by Gasteiger charge is -2.10. The Bertz CT molecular complexity index is 1230. The Morgan fingerprint density at radius 1 is 1.07 bits per heavy atom. The number of carbonyl (C=O) groups excluding carboxylic acids is 1. The average Bonchev–Trinajstić information content (AvgIpc) is 3.09. The molecule has 0 unspecified atom stereocenters. The molecule has 4 heterocycles. The van der Waals surface area contributed by atoms with Crippen molar-refractivity contribution in [3.05, 3.63) is 60.4 Å². The van der Waals surface area contributed by atoms with Gasteiger partial charge in [-0.15, -0.1) is 0 Å². The molecule has 0 atom stereocenters. The summed E-state index contributed by atoms with van der Waals surface area (Å²) in [6.45, 7) is 1.58. The van der Waals surface area contributed by atoms with E-state index in [1.807, 2.05) is 0 Å². The van der Waals surface area contributed by atoms with Crippen molar-refractivity contribution in [1.29, 1.82) is 0 Å². The summed E-state index contributed by atoms with van der Waals surface area (Å²) in [5, 5.41) is 0. The summed E-state index contributed by atoms with van der Waals surface area (Å²) in [6.07, 6.45) is 0.624. The van der Waals surface area contributed by atoms with Gasteiger partial charge in [0.1, 0.15) is 11.1 Å². The number of aromatic nitrogens is 6. The maximum Gasteiger partial charge on any atom is 0.432 e. The number of nitrogens with one attached hydrogen (secondary N) is 1. The molecule has 1 N–H and O–H groups in total. The minimum absolute atomic E-state index is 0.0258. The molecule has 4 rings (SSSR count). The molecular weight excluding hydrogens is 403 g/mol. The first-order valence-electron chi connectivity index (χ1n) is 8.46. The maximum absolute atomic E-state index is 13.2. The second-order valence-corrected chi connectivity index (χ2v) is 6.00. The van der Waals surface area contributed by atoms with E-state index in [4.69, 9.17) is 4.74 Å². The summed E-state index contributed by atoms with van der Waals surface area (Å²) in [5.74, 6) is 0.554. The molecule has 0 fully saturated rings. The molecule has 0 aromatic carbocycles. The van der Waals surface area contributed by atoms with Gasteiger partial charge in [0.25, 0.3) is 0 Å². The van der Waals surface area contributed by atoms with Gasteiger partial charge in [-0.25, -0.2) is 30.2 Å². The van der Waals surface area contributed by atoms with Gasteiger partial charge in [0.2, 0.25) is 0 Å². The Morgan fingerprint density at radius 3 is 2.50 bits per heavy atom. The van der Waals surface area contributed by atoms with E-state index in [0.717, 1.165) is 10.9 Å². The maximum atomic E-state index is 13.2. The van der Waals surface area contributed by atoms with Crippen molar-refractivity contribution in [2.45, 2.75) is 13.1 Å². The Morgan fingerprint density at radius 2 is 1.80 bits per heavy atom. The molecule has 0 bridgehead atoms. The molecule has 0 spiro atoms. The number of nitrogens with zero attached hydrogens (tertiary/aromatic N) is 6. The highest BCUT2D eigenvalue weighted by molar-refractivity contribution is 5.85. The van der Waals surface area contributed by atoms with Gasteiger partial charge in [-0.1, -0.05) is 0 Å². The van der Waals surface area contributed by atoms with Crippen LogP contribution in [0.3, 0.4) is 0 Å². The first-order valence-corrected chi connectivity index (χ1v) is 8.46. The fourth-order valence-corrected chi connectivity index (χ4v) is 2.66. The summed E-state index contributed by atoms with van der Waals surface area (Å²) in [4.78, 5) is 32.3. The quantitative estimate of drug-likeness (QED) is 0.547. The number of fused-ring (bicyclic) bond motifs is 1. The van der Waals surface area contributed by atoms with Crippen LogP contribution in [-0.2, 0) is 6.18 Å². The molecule has 152 valence electrons. The van der Waals surface area contributed by atoms with Gasteiger partial charge in [-0.3, -0.25) is 9.66 Å². The summed E-state index contributed by atoms with van der Waals surface area (Å²) in [5.41, 5.74) is 1.34. The molecule has 0 aliphatic rings. The smallest absolute Gasteiger partial charge is 0.406 e. The van der Waals surface area contributed by atoms with Crippen molar-refractivity contribution in [3.63, 3.8) is 0 Å². The third-order valence-corrected chi connectivity index (χ3v) is 3.98. The van der Waals surface area contributed by atoms with E-state index >= 15 is 0 Å². The normalized spacial score (nSPS) is 11.5. The largest absolute Gasteiger partial charge is 0.432 e. The number of amides is 1. The molecule has 4 aromatic heterocycles. The number of aryl methyl sites for hydroxylation is 1. The first-order chi connectivity index (χ1) is 14.3. The van der Waals surface area contributed by atoms with E-state index in [9.17, 15) is 18.0 Å². The zero-order valence-electron chi connectivity index (χ0n) is 15.3. The second-order valence-electron chi connectivity index (χ2n) is 6.00. The van der Waals surface area contributed by atoms with Gasteiger partial charge in [-0.05, 0) is 25.1 Å². The van der Waals surface area contributed by atoms with Gasteiger partial charge in [-0.2, -0.15) is 13.2 Å². The van der Waals surface area contributed by atoms with Crippen molar-refractivity contribution in [3.8, 4) is 17.4 Å². The van der Waals surface area contributed by atoms with Crippen molar-refractivity contribution in [1.82, 2.24) is 29.6 Å². The molecular formula is C18H12F3N7O2. The summed E-state index contributed by atoms with van der Waals surface area (Å²) >= 11 is 0. The number of hydrogen-bond acceptors (Lipinski definition) is 7. The third-order valence-electron chi connectivity index (χ3n) is 3.98. The molecule has 0 aliphatic heterocycles. The first kappa shape index (κ1) is 19.2. The van der Waals surface area contributed by atoms with Crippen molar-refractivity contribution in [2.75, 3.05) is 5.43 Å². The monoisotopic (exact) mass is 415 g/mol. The Labute approximate surface area is 166 Å². The Balaban J connectivity index is 1.56. The zero-order chi connectivity index (χ0) is 21.3. The van der Waals surface area contributed by atoms with E-state index in [1.54, 1.807) is 13.0 Å². The summed E-state index contributed by atoms with van der Waals surface area (Å²) in [7, 11) is 0. The highest BCUT2D eigenvalue weighted by atomic mass is 19.4. The summed E-state index contributed by atoms with van der Waals surface area (Å²) in [6, 6.07) is 4.48. The number of carbonyl (C=O) groups is 1. The average molecular weight is 415 g/mol. The van der Waals surface area contributed by atoms with Crippen LogP contribution in [0.15, 0.2) is 49.2 Å². The van der Waals surface area contributed by atoms with Crippen LogP contribution in [0.2, 0.25) is 0 Å².